The van der Waals surface area contributed by atoms with Crippen LogP contribution in [0.15, 0.2) is 0 Å². The van der Waals surface area contributed by atoms with Gasteiger partial charge in [-0.1, -0.05) is 32.6 Å². The third-order valence-corrected chi connectivity index (χ3v) is 3.76. The summed E-state index contributed by atoms with van der Waals surface area (Å²) in [5.41, 5.74) is -0.749. The van der Waals surface area contributed by atoms with Gasteiger partial charge in [-0.15, -0.1) is 0 Å². The minimum absolute atomic E-state index is 0.0144. The molecule has 0 aromatic heterocycles. The van der Waals surface area contributed by atoms with Crippen LogP contribution in [0.4, 0.5) is 0 Å². The highest BCUT2D eigenvalue weighted by Gasteiger charge is 2.39. The molecule has 0 bridgehead atoms. The summed E-state index contributed by atoms with van der Waals surface area (Å²) in [5, 5.41) is 12.8. The number of aliphatic carboxylic acids is 1. The molecular formula is C13H25NO2. The van der Waals surface area contributed by atoms with Gasteiger partial charge < -0.3 is 5.11 Å². The Morgan fingerprint density at radius 3 is 2.38 bits per heavy atom. The Kier molecular flexibility index (Phi) is 4.36. The Hall–Kier alpha value is -0.570. The molecule has 1 atom stereocenters. The zero-order valence-electron chi connectivity index (χ0n) is 10.8. The molecule has 94 valence electrons. The van der Waals surface area contributed by atoms with Crippen LogP contribution < -0.4 is 5.32 Å². The normalized spacial score (nSPS) is 23.7. The predicted molar refractivity (Wildman–Crippen MR) is 65.6 cm³/mol. The molecule has 0 aliphatic heterocycles. The third-order valence-electron chi connectivity index (χ3n) is 3.76. The van der Waals surface area contributed by atoms with Crippen LogP contribution in [0.3, 0.4) is 0 Å². The number of nitrogens with one attached hydrogen (secondary N) is 1. The Morgan fingerprint density at radius 1 is 1.38 bits per heavy atom. The van der Waals surface area contributed by atoms with Crippen LogP contribution in [0, 0.1) is 0 Å². The molecular weight excluding hydrogens is 202 g/mol. The highest BCUT2D eigenvalue weighted by atomic mass is 16.4. The highest BCUT2D eigenvalue weighted by Crippen LogP contribution is 2.30. The lowest BCUT2D eigenvalue weighted by Gasteiger charge is -2.41. The Bertz CT molecular complexity index is 246. The molecule has 16 heavy (non-hydrogen) atoms. The van der Waals surface area contributed by atoms with Gasteiger partial charge in [0.1, 0.15) is 5.54 Å². The molecule has 0 spiro atoms. The Morgan fingerprint density at radius 2 is 1.94 bits per heavy atom. The van der Waals surface area contributed by atoms with Crippen molar-refractivity contribution in [1.82, 2.24) is 5.32 Å². The standard InChI is InChI=1S/C13H25NO2/c1-4-8-13(3,11(15)16)14-12(2)9-6-5-7-10-12/h14H,4-10H2,1-3H3,(H,15,16). The molecule has 1 saturated carbocycles. The second-order valence-corrected chi connectivity index (χ2v) is 5.63. The summed E-state index contributed by atoms with van der Waals surface area (Å²) in [6.07, 6.45) is 7.49. The van der Waals surface area contributed by atoms with Crippen molar-refractivity contribution in [2.45, 2.75) is 76.8 Å². The molecule has 2 N–H and O–H groups in total. The van der Waals surface area contributed by atoms with Gasteiger partial charge in [-0.2, -0.15) is 0 Å². The molecule has 1 rings (SSSR count). The van der Waals surface area contributed by atoms with Crippen LogP contribution in [0.25, 0.3) is 0 Å². The molecule has 3 heteroatoms. The van der Waals surface area contributed by atoms with E-state index in [0.717, 1.165) is 19.3 Å². The van der Waals surface area contributed by atoms with Crippen molar-refractivity contribution < 1.29 is 9.90 Å². The number of rotatable bonds is 5. The van der Waals surface area contributed by atoms with Crippen LogP contribution in [-0.2, 0) is 4.79 Å². The quantitative estimate of drug-likeness (QED) is 0.759. The lowest BCUT2D eigenvalue weighted by Crippen LogP contribution is -2.59. The summed E-state index contributed by atoms with van der Waals surface area (Å²) >= 11 is 0. The van der Waals surface area contributed by atoms with E-state index in [-0.39, 0.29) is 5.54 Å². The third kappa shape index (κ3) is 3.21. The highest BCUT2D eigenvalue weighted by molar-refractivity contribution is 5.78. The molecule has 1 fully saturated rings. The molecule has 1 unspecified atom stereocenters. The number of carbonyl (C=O) groups is 1. The summed E-state index contributed by atoms with van der Waals surface area (Å²) in [5.74, 6) is -0.721. The molecule has 1 aliphatic carbocycles. The van der Waals surface area contributed by atoms with Gasteiger partial charge in [-0.05, 0) is 33.1 Å². The molecule has 0 amide bonds. The first-order chi connectivity index (χ1) is 7.42. The van der Waals surface area contributed by atoms with Crippen LogP contribution in [0.5, 0.6) is 0 Å². The van der Waals surface area contributed by atoms with E-state index in [4.69, 9.17) is 0 Å². The molecule has 0 aromatic carbocycles. The number of carboxylic acids is 1. The minimum atomic E-state index is -0.763. The van der Waals surface area contributed by atoms with Crippen molar-refractivity contribution in [2.24, 2.45) is 0 Å². The summed E-state index contributed by atoms with van der Waals surface area (Å²) in [6.45, 7) is 6.02. The van der Waals surface area contributed by atoms with Crippen molar-refractivity contribution in [2.75, 3.05) is 0 Å². The van der Waals surface area contributed by atoms with E-state index >= 15 is 0 Å². The number of carboxylic acid groups (broad SMARTS) is 1. The van der Waals surface area contributed by atoms with E-state index in [1.165, 1.54) is 19.3 Å². The lowest BCUT2D eigenvalue weighted by atomic mass is 9.80. The fourth-order valence-corrected chi connectivity index (χ4v) is 2.85. The van der Waals surface area contributed by atoms with Gasteiger partial charge in [0.2, 0.25) is 0 Å². The van der Waals surface area contributed by atoms with Gasteiger partial charge in [-0.3, -0.25) is 10.1 Å². The first-order valence-electron chi connectivity index (χ1n) is 6.45. The second-order valence-electron chi connectivity index (χ2n) is 5.63. The largest absolute Gasteiger partial charge is 0.480 e. The van der Waals surface area contributed by atoms with Gasteiger partial charge in [0.15, 0.2) is 0 Å². The Balaban J connectivity index is 2.70. The first kappa shape index (κ1) is 13.5. The number of hydrogen-bond acceptors (Lipinski definition) is 2. The fraction of sp³-hybridized carbons (Fsp3) is 0.923. The van der Waals surface area contributed by atoms with Gasteiger partial charge in [0.25, 0.3) is 0 Å². The van der Waals surface area contributed by atoms with E-state index in [2.05, 4.69) is 12.2 Å². The van der Waals surface area contributed by atoms with Crippen molar-refractivity contribution in [3.63, 3.8) is 0 Å². The molecule has 0 aromatic rings. The van der Waals surface area contributed by atoms with Gasteiger partial charge in [0, 0.05) is 5.54 Å². The second kappa shape index (κ2) is 5.17. The Labute approximate surface area is 98.6 Å². The van der Waals surface area contributed by atoms with Crippen molar-refractivity contribution in [3.05, 3.63) is 0 Å². The smallest absolute Gasteiger partial charge is 0.323 e. The average molecular weight is 227 g/mol. The average Bonchev–Trinajstić information content (AvgIpc) is 2.17. The van der Waals surface area contributed by atoms with Crippen molar-refractivity contribution >= 4 is 5.97 Å². The molecule has 0 saturated heterocycles. The summed E-state index contributed by atoms with van der Waals surface area (Å²) in [4.78, 5) is 11.4. The van der Waals surface area contributed by atoms with Crippen LogP contribution in [0.1, 0.15) is 65.7 Å². The first-order valence-corrected chi connectivity index (χ1v) is 6.45. The zero-order valence-corrected chi connectivity index (χ0v) is 10.8. The molecule has 0 radical (unpaired) electrons. The summed E-state index contributed by atoms with van der Waals surface area (Å²) < 4.78 is 0. The zero-order chi connectivity index (χ0) is 12.2. The van der Waals surface area contributed by atoms with Crippen LogP contribution in [-0.4, -0.2) is 22.2 Å². The van der Waals surface area contributed by atoms with E-state index in [0.29, 0.717) is 6.42 Å². The van der Waals surface area contributed by atoms with E-state index < -0.39 is 11.5 Å². The SMILES string of the molecule is CCCC(C)(NC1(C)CCCCC1)C(=O)O. The van der Waals surface area contributed by atoms with Crippen molar-refractivity contribution in [3.8, 4) is 0 Å². The molecule has 3 nitrogen and oxygen atoms in total. The summed E-state index contributed by atoms with van der Waals surface area (Å²) in [7, 11) is 0. The summed E-state index contributed by atoms with van der Waals surface area (Å²) in [6, 6.07) is 0. The van der Waals surface area contributed by atoms with E-state index in [1.807, 2.05) is 13.8 Å². The lowest BCUT2D eigenvalue weighted by molar-refractivity contribution is -0.145. The monoisotopic (exact) mass is 227 g/mol. The topological polar surface area (TPSA) is 49.3 Å². The fourth-order valence-electron chi connectivity index (χ4n) is 2.85. The molecule has 0 heterocycles. The van der Waals surface area contributed by atoms with E-state index in [1.54, 1.807) is 0 Å². The predicted octanol–water partition coefficient (Wildman–Crippen LogP) is 2.94. The van der Waals surface area contributed by atoms with Crippen LogP contribution >= 0.6 is 0 Å². The molecule has 1 aliphatic rings. The van der Waals surface area contributed by atoms with Gasteiger partial charge >= 0.3 is 5.97 Å². The van der Waals surface area contributed by atoms with Gasteiger partial charge in [0.05, 0.1) is 0 Å². The maximum Gasteiger partial charge on any atom is 0.323 e. The van der Waals surface area contributed by atoms with Crippen LogP contribution in [0.2, 0.25) is 0 Å². The maximum atomic E-state index is 11.4. The van der Waals surface area contributed by atoms with E-state index in [9.17, 15) is 9.90 Å². The minimum Gasteiger partial charge on any atom is -0.480 e. The maximum absolute atomic E-state index is 11.4. The van der Waals surface area contributed by atoms with Crippen molar-refractivity contribution in [1.29, 1.82) is 0 Å². The van der Waals surface area contributed by atoms with Gasteiger partial charge in [-0.25, -0.2) is 0 Å². The number of hydrogen-bond donors (Lipinski definition) is 2.